The van der Waals surface area contributed by atoms with Crippen LogP contribution in [0.2, 0.25) is 0 Å². The third kappa shape index (κ3) is 4.75. The summed E-state index contributed by atoms with van der Waals surface area (Å²) in [5, 5.41) is 8.83. The van der Waals surface area contributed by atoms with E-state index < -0.39 is 0 Å². The second-order valence-electron chi connectivity index (χ2n) is 5.27. The summed E-state index contributed by atoms with van der Waals surface area (Å²) >= 11 is 0. The molecule has 0 aliphatic carbocycles. The van der Waals surface area contributed by atoms with E-state index in [0.717, 1.165) is 18.7 Å². The number of aryl methyl sites for hydroxylation is 1. The molecule has 0 aliphatic heterocycles. The van der Waals surface area contributed by atoms with Crippen molar-refractivity contribution >= 4 is 0 Å². The van der Waals surface area contributed by atoms with Crippen LogP contribution in [-0.4, -0.2) is 23.7 Å². The number of aliphatic hydroxyl groups is 1. The maximum absolute atomic E-state index is 8.83. The molecule has 0 saturated carbocycles. The second kappa shape index (κ2) is 7.64. The van der Waals surface area contributed by atoms with Crippen LogP contribution < -0.4 is 0 Å². The molecule has 21 heavy (non-hydrogen) atoms. The first-order valence-corrected chi connectivity index (χ1v) is 7.11. The molecule has 0 aliphatic rings. The zero-order valence-corrected chi connectivity index (χ0v) is 12.6. The number of benzene rings is 2. The zero-order chi connectivity index (χ0) is 15.1. The fourth-order valence-corrected chi connectivity index (χ4v) is 2.27. The molecule has 0 atom stereocenters. The highest BCUT2D eigenvalue weighted by atomic mass is 16.2. The van der Waals surface area contributed by atoms with Crippen LogP contribution in [0.1, 0.15) is 22.3 Å². The molecule has 2 heteroatoms. The van der Waals surface area contributed by atoms with Crippen molar-refractivity contribution in [2.24, 2.45) is 0 Å². The van der Waals surface area contributed by atoms with Gasteiger partial charge in [-0.15, -0.1) is 0 Å². The fraction of sp³-hybridized carbons (Fsp3) is 0.263. The molecule has 2 nitrogen and oxygen atoms in total. The number of hydrogen-bond acceptors (Lipinski definition) is 2. The lowest BCUT2D eigenvalue weighted by molar-refractivity contribution is 0.319. The molecule has 1 N–H and O–H groups in total. The SMILES string of the molecule is Cc1ccc(CN(C)Cc2ccccc2C#CCO)cc1. The molecular formula is C19H21NO. The summed E-state index contributed by atoms with van der Waals surface area (Å²) in [5.74, 6) is 5.73. The van der Waals surface area contributed by atoms with Gasteiger partial charge < -0.3 is 5.11 Å². The van der Waals surface area contributed by atoms with E-state index in [1.54, 1.807) is 0 Å². The highest BCUT2D eigenvalue weighted by molar-refractivity contribution is 5.41. The van der Waals surface area contributed by atoms with Crippen LogP contribution in [0.25, 0.3) is 0 Å². The molecule has 0 aromatic heterocycles. The Morgan fingerprint density at radius 3 is 2.43 bits per heavy atom. The smallest absolute Gasteiger partial charge is 0.104 e. The van der Waals surface area contributed by atoms with E-state index in [0.29, 0.717) is 0 Å². The summed E-state index contributed by atoms with van der Waals surface area (Å²) in [6, 6.07) is 16.7. The van der Waals surface area contributed by atoms with Crippen LogP contribution in [0, 0.1) is 18.8 Å². The summed E-state index contributed by atoms with van der Waals surface area (Å²) in [6.07, 6.45) is 0. The van der Waals surface area contributed by atoms with E-state index >= 15 is 0 Å². The minimum atomic E-state index is -0.104. The van der Waals surface area contributed by atoms with Crippen molar-refractivity contribution in [3.05, 3.63) is 70.8 Å². The predicted octanol–water partition coefficient (Wildman–Crippen LogP) is 2.97. The minimum absolute atomic E-state index is 0.104. The summed E-state index contributed by atoms with van der Waals surface area (Å²) in [6.45, 7) is 3.74. The molecule has 0 amide bonds. The number of nitrogens with zero attached hydrogens (tertiary/aromatic N) is 1. The summed E-state index contributed by atoms with van der Waals surface area (Å²) < 4.78 is 0. The first-order chi connectivity index (χ1) is 10.2. The molecule has 0 bridgehead atoms. The molecular weight excluding hydrogens is 258 g/mol. The third-order valence-electron chi connectivity index (χ3n) is 3.33. The van der Waals surface area contributed by atoms with Crippen molar-refractivity contribution in [1.82, 2.24) is 4.90 Å². The zero-order valence-electron chi connectivity index (χ0n) is 12.6. The van der Waals surface area contributed by atoms with Crippen LogP contribution in [-0.2, 0) is 13.1 Å². The average molecular weight is 279 g/mol. The van der Waals surface area contributed by atoms with Gasteiger partial charge in [-0.05, 0) is 31.2 Å². The Kier molecular flexibility index (Phi) is 5.57. The van der Waals surface area contributed by atoms with Gasteiger partial charge in [-0.25, -0.2) is 0 Å². The van der Waals surface area contributed by atoms with E-state index in [4.69, 9.17) is 5.11 Å². The van der Waals surface area contributed by atoms with Gasteiger partial charge >= 0.3 is 0 Å². The Labute approximate surface area is 127 Å². The predicted molar refractivity (Wildman–Crippen MR) is 86.8 cm³/mol. The summed E-state index contributed by atoms with van der Waals surface area (Å²) in [4.78, 5) is 2.27. The highest BCUT2D eigenvalue weighted by Crippen LogP contribution is 2.12. The molecule has 0 saturated heterocycles. The minimum Gasteiger partial charge on any atom is -0.384 e. The molecule has 0 radical (unpaired) electrons. The molecule has 0 spiro atoms. The van der Waals surface area contributed by atoms with Crippen LogP contribution in [0.4, 0.5) is 0 Å². The van der Waals surface area contributed by atoms with Crippen LogP contribution in [0.3, 0.4) is 0 Å². The Balaban J connectivity index is 2.05. The van der Waals surface area contributed by atoms with Gasteiger partial charge in [0.1, 0.15) is 6.61 Å². The van der Waals surface area contributed by atoms with Crippen molar-refractivity contribution < 1.29 is 5.11 Å². The average Bonchev–Trinajstić information content (AvgIpc) is 2.49. The van der Waals surface area contributed by atoms with Crippen molar-refractivity contribution in [2.75, 3.05) is 13.7 Å². The van der Waals surface area contributed by atoms with Crippen molar-refractivity contribution in [3.63, 3.8) is 0 Å². The molecule has 0 unspecified atom stereocenters. The van der Waals surface area contributed by atoms with E-state index in [9.17, 15) is 0 Å². The molecule has 2 rings (SSSR count). The van der Waals surface area contributed by atoms with Gasteiger partial charge in [0.25, 0.3) is 0 Å². The van der Waals surface area contributed by atoms with Crippen LogP contribution >= 0.6 is 0 Å². The normalized spacial score (nSPS) is 10.3. The van der Waals surface area contributed by atoms with E-state index in [1.165, 1.54) is 16.7 Å². The van der Waals surface area contributed by atoms with Gasteiger partial charge in [-0.2, -0.15) is 0 Å². The first kappa shape index (κ1) is 15.3. The lowest BCUT2D eigenvalue weighted by atomic mass is 10.1. The number of aliphatic hydroxyl groups excluding tert-OH is 1. The Bertz CT molecular complexity index is 635. The van der Waals surface area contributed by atoms with Gasteiger partial charge in [-0.3, -0.25) is 4.90 Å². The lowest BCUT2D eigenvalue weighted by Gasteiger charge is -2.18. The van der Waals surface area contributed by atoms with Crippen LogP contribution in [0.15, 0.2) is 48.5 Å². The second-order valence-corrected chi connectivity index (χ2v) is 5.27. The van der Waals surface area contributed by atoms with Gasteiger partial charge in [0.05, 0.1) is 0 Å². The van der Waals surface area contributed by atoms with E-state index in [2.05, 4.69) is 61.0 Å². The van der Waals surface area contributed by atoms with E-state index in [-0.39, 0.29) is 6.61 Å². The van der Waals surface area contributed by atoms with E-state index in [1.807, 2.05) is 18.2 Å². The lowest BCUT2D eigenvalue weighted by Crippen LogP contribution is -2.17. The summed E-state index contributed by atoms with van der Waals surface area (Å²) in [5.41, 5.74) is 4.77. The molecule has 2 aromatic rings. The fourth-order valence-electron chi connectivity index (χ4n) is 2.27. The van der Waals surface area contributed by atoms with Gasteiger partial charge in [-0.1, -0.05) is 59.9 Å². The molecule has 2 aromatic carbocycles. The number of rotatable bonds is 4. The topological polar surface area (TPSA) is 23.5 Å². The Morgan fingerprint density at radius 1 is 1.00 bits per heavy atom. The highest BCUT2D eigenvalue weighted by Gasteiger charge is 2.05. The van der Waals surface area contributed by atoms with Gasteiger partial charge in [0.15, 0.2) is 0 Å². The third-order valence-corrected chi connectivity index (χ3v) is 3.33. The maximum Gasteiger partial charge on any atom is 0.104 e. The van der Waals surface area contributed by atoms with Crippen molar-refractivity contribution in [2.45, 2.75) is 20.0 Å². The van der Waals surface area contributed by atoms with Gasteiger partial charge in [0, 0.05) is 18.7 Å². The quantitative estimate of drug-likeness (QED) is 0.870. The monoisotopic (exact) mass is 279 g/mol. The molecule has 0 fully saturated rings. The molecule has 0 heterocycles. The van der Waals surface area contributed by atoms with Crippen molar-refractivity contribution in [3.8, 4) is 11.8 Å². The van der Waals surface area contributed by atoms with Crippen LogP contribution in [0.5, 0.6) is 0 Å². The Hall–Kier alpha value is -2.08. The number of hydrogen-bond donors (Lipinski definition) is 1. The first-order valence-electron chi connectivity index (χ1n) is 7.11. The summed E-state index contributed by atoms with van der Waals surface area (Å²) in [7, 11) is 2.11. The maximum atomic E-state index is 8.83. The standard InChI is InChI=1S/C19H21NO/c1-16-9-11-17(12-10-16)14-20(2)15-19-7-4-3-6-18(19)8-5-13-21/h3-4,6-7,9-12,21H,13-15H2,1-2H3. The van der Waals surface area contributed by atoms with Gasteiger partial charge in [0.2, 0.25) is 0 Å². The van der Waals surface area contributed by atoms with Crippen molar-refractivity contribution in [1.29, 1.82) is 0 Å². The largest absolute Gasteiger partial charge is 0.384 e. The molecule has 108 valence electrons. The Morgan fingerprint density at radius 2 is 1.71 bits per heavy atom.